The number of nitrogens with one attached hydrogen (secondary N) is 1. The van der Waals surface area contributed by atoms with Gasteiger partial charge in [0, 0.05) is 36.5 Å². The maximum absolute atomic E-state index is 13.0. The van der Waals surface area contributed by atoms with Crippen LogP contribution in [0.2, 0.25) is 0 Å². The van der Waals surface area contributed by atoms with Crippen LogP contribution in [0.4, 0.5) is 17.1 Å². The van der Waals surface area contributed by atoms with Crippen LogP contribution in [0.15, 0.2) is 59.0 Å². The number of carbonyl (C=O) groups excluding carboxylic acids is 1. The molecule has 0 aliphatic carbocycles. The lowest BCUT2D eigenvalue weighted by molar-refractivity contribution is -0.384. The van der Waals surface area contributed by atoms with Crippen molar-refractivity contribution in [2.75, 3.05) is 36.5 Å². The molecule has 0 bridgehead atoms. The van der Waals surface area contributed by atoms with Crippen LogP contribution in [0.25, 0.3) is 11.3 Å². The lowest BCUT2D eigenvalue weighted by atomic mass is 10.1. The number of ether oxygens (including phenoxy) is 1. The molecule has 2 heterocycles. The number of anilines is 2. The van der Waals surface area contributed by atoms with Gasteiger partial charge in [-0.3, -0.25) is 14.9 Å². The van der Waals surface area contributed by atoms with Gasteiger partial charge in [0.2, 0.25) is 0 Å². The van der Waals surface area contributed by atoms with E-state index in [4.69, 9.17) is 14.3 Å². The molecule has 1 amide bonds. The Morgan fingerprint density at radius 1 is 1.10 bits per heavy atom. The van der Waals surface area contributed by atoms with Crippen molar-refractivity contribution < 1.29 is 24.0 Å². The predicted molar refractivity (Wildman–Crippen MR) is 114 cm³/mol. The molecule has 0 spiro atoms. The maximum Gasteiger partial charge on any atom is 0.270 e. The number of benzene rings is 2. The fourth-order valence-corrected chi connectivity index (χ4v) is 3.43. The normalized spacial score (nSPS) is 13.8. The number of nitro groups is 1. The quantitative estimate of drug-likeness (QED) is 0.461. The molecular formula is C22H21N3O6. The number of morpholine rings is 1. The zero-order valence-corrected chi connectivity index (χ0v) is 16.6. The Hall–Kier alpha value is -3.69. The summed E-state index contributed by atoms with van der Waals surface area (Å²) in [7, 11) is 0. The van der Waals surface area contributed by atoms with Gasteiger partial charge in [0.1, 0.15) is 18.1 Å². The van der Waals surface area contributed by atoms with Gasteiger partial charge in [-0.25, -0.2) is 0 Å². The van der Waals surface area contributed by atoms with Gasteiger partial charge < -0.3 is 24.5 Å². The summed E-state index contributed by atoms with van der Waals surface area (Å²) in [6, 6.07) is 14.8. The first-order valence-electron chi connectivity index (χ1n) is 9.77. The van der Waals surface area contributed by atoms with E-state index in [2.05, 4.69) is 5.32 Å². The second kappa shape index (κ2) is 8.99. The summed E-state index contributed by atoms with van der Waals surface area (Å²) in [6.07, 6.45) is 0. The number of rotatable bonds is 6. The molecule has 1 aliphatic heterocycles. The number of hydrogen-bond acceptors (Lipinski definition) is 7. The summed E-state index contributed by atoms with van der Waals surface area (Å²) in [6.45, 7) is 2.09. The molecule has 2 aromatic carbocycles. The number of nitro benzene ring substituents is 1. The molecule has 0 unspecified atom stereocenters. The molecule has 0 radical (unpaired) electrons. The topological polar surface area (TPSA) is 118 Å². The Labute approximate surface area is 178 Å². The van der Waals surface area contributed by atoms with E-state index in [0.29, 0.717) is 49.2 Å². The van der Waals surface area contributed by atoms with Crippen LogP contribution in [0, 0.1) is 10.1 Å². The highest BCUT2D eigenvalue weighted by Gasteiger charge is 2.22. The fraction of sp³-hybridized carbons (Fsp3) is 0.227. The van der Waals surface area contributed by atoms with Crippen LogP contribution in [0.5, 0.6) is 0 Å². The molecule has 160 valence electrons. The Bertz CT molecular complexity index is 1090. The minimum atomic E-state index is -0.515. The molecule has 0 atom stereocenters. The molecule has 1 aliphatic rings. The van der Waals surface area contributed by atoms with Crippen molar-refractivity contribution in [2.24, 2.45) is 0 Å². The number of furan rings is 1. The number of carbonyl (C=O) groups is 1. The third-order valence-corrected chi connectivity index (χ3v) is 5.03. The number of non-ortho nitro benzene ring substituents is 1. The van der Waals surface area contributed by atoms with Gasteiger partial charge in [-0.15, -0.1) is 0 Å². The predicted octanol–water partition coefficient (Wildman–Crippen LogP) is 3.44. The largest absolute Gasteiger partial charge is 0.459 e. The van der Waals surface area contributed by atoms with Crippen molar-refractivity contribution in [3.8, 4) is 11.3 Å². The number of amides is 1. The fourth-order valence-electron chi connectivity index (χ4n) is 3.43. The average molecular weight is 423 g/mol. The second-order valence-electron chi connectivity index (χ2n) is 7.01. The van der Waals surface area contributed by atoms with Gasteiger partial charge in [-0.05, 0) is 42.5 Å². The van der Waals surface area contributed by atoms with Crippen molar-refractivity contribution in [3.05, 3.63) is 76.0 Å². The first-order valence-corrected chi connectivity index (χ1v) is 9.77. The Kier molecular flexibility index (Phi) is 5.96. The van der Waals surface area contributed by atoms with E-state index in [1.807, 2.05) is 4.90 Å². The van der Waals surface area contributed by atoms with Crippen LogP contribution < -0.4 is 10.2 Å². The van der Waals surface area contributed by atoms with Crippen LogP contribution in [-0.4, -0.2) is 42.2 Å². The lowest BCUT2D eigenvalue weighted by Gasteiger charge is -2.30. The monoisotopic (exact) mass is 423 g/mol. The Morgan fingerprint density at radius 3 is 2.48 bits per heavy atom. The molecule has 3 aromatic rings. The molecule has 31 heavy (non-hydrogen) atoms. The summed E-state index contributed by atoms with van der Waals surface area (Å²) in [4.78, 5) is 25.7. The van der Waals surface area contributed by atoms with E-state index < -0.39 is 10.8 Å². The van der Waals surface area contributed by atoms with E-state index in [1.54, 1.807) is 42.5 Å². The minimum absolute atomic E-state index is 0.144. The smallest absolute Gasteiger partial charge is 0.270 e. The number of nitrogens with zero attached hydrogens (tertiary/aromatic N) is 2. The number of aliphatic hydroxyl groups excluding tert-OH is 1. The van der Waals surface area contributed by atoms with Gasteiger partial charge in [0.15, 0.2) is 0 Å². The van der Waals surface area contributed by atoms with E-state index in [-0.39, 0.29) is 17.9 Å². The van der Waals surface area contributed by atoms with Crippen LogP contribution >= 0.6 is 0 Å². The van der Waals surface area contributed by atoms with Crippen molar-refractivity contribution in [2.45, 2.75) is 6.61 Å². The van der Waals surface area contributed by atoms with Crippen molar-refractivity contribution in [1.29, 1.82) is 0 Å². The summed E-state index contributed by atoms with van der Waals surface area (Å²) < 4.78 is 10.9. The van der Waals surface area contributed by atoms with Crippen LogP contribution in [0.3, 0.4) is 0 Å². The highest BCUT2D eigenvalue weighted by molar-refractivity contribution is 6.08. The van der Waals surface area contributed by atoms with Crippen LogP contribution in [0.1, 0.15) is 16.1 Å². The van der Waals surface area contributed by atoms with Gasteiger partial charge in [-0.2, -0.15) is 0 Å². The SMILES string of the molecule is O=C(Nc1ccc(-c2ccc(CO)o2)cc1)c1cc([N+](=O)[O-])ccc1N1CCOCC1. The number of hydrogen-bond donors (Lipinski definition) is 2. The summed E-state index contributed by atoms with van der Waals surface area (Å²) in [5, 5.41) is 23.2. The van der Waals surface area contributed by atoms with Gasteiger partial charge in [-0.1, -0.05) is 0 Å². The van der Waals surface area contributed by atoms with Crippen molar-refractivity contribution in [1.82, 2.24) is 0 Å². The molecule has 1 saturated heterocycles. The molecule has 1 aromatic heterocycles. The molecule has 9 heteroatoms. The van der Waals surface area contributed by atoms with E-state index >= 15 is 0 Å². The van der Waals surface area contributed by atoms with Gasteiger partial charge >= 0.3 is 0 Å². The standard InChI is InChI=1S/C22H21N3O6/c26-14-18-6-8-21(31-18)15-1-3-16(4-2-15)23-22(27)19-13-17(25(28)29)5-7-20(19)24-9-11-30-12-10-24/h1-8,13,26H,9-12,14H2,(H,23,27). The van der Waals surface area contributed by atoms with Crippen molar-refractivity contribution in [3.63, 3.8) is 0 Å². The van der Waals surface area contributed by atoms with E-state index in [0.717, 1.165) is 5.56 Å². The summed E-state index contributed by atoms with van der Waals surface area (Å²) in [5.41, 5.74) is 2.06. The lowest BCUT2D eigenvalue weighted by Crippen LogP contribution is -2.37. The zero-order valence-electron chi connectivity index (χ0n) is 16.6. The van der Waals surface area contributed by atoms with Gasteiger partial charge in [0.25, 0.3) is 11.6 Å². The highest BCUT2D eigenvalue weighted by Crippen LogP contribution is 2.28. The first-order chi connectivity index (χ1) is 15.0. The second-order valence-corrected chi connectivity index (χ2v) is 7.01. The third kappa shape index (κ3) is 4.57. The van der Waals surface area contributed by atoms with Crippen molar-refractivity contribution >= 4 is 23.0 Å². The van der Waals surface area contributed by atoms with Crippen LogP contribution in [-0.2, 0) is 11.3 Å². The van der Waals surface area contributed by atoms with Gasteiger partial charge in [0.05, 0.1) is 29.4 Å². The molecule has 2 N–H and O–H groups in total. The molecular weight excluding hydrogens is 402 g/mol. The van der Waals surface area contributed by atoms with E-state index in [9.17, 15) is 14.9 Å². The molecule has 1 fully saturated rings. The molecule has 0 saturated carbocycles. The summed E-state index contributed by atoms with van der Waals surface area (Å²) >= 11 is 0. The Balaban J connectivity index is 1.57. The molecule has 9 nitrogen and oxygen atoms in total. The summed E-state index contributed by atoms with van der Waals surface area (Å²) in [5.74, 6) is 0.641. The highest BCUT2D eigenvalue weighted by atomic mass is 16.6. The number of aliphatic hydroxyl groups is 1. The third-order valence-electron chi connectivity index (χ3n) is 5.03. The molecule has 4 rings (SSSR count). The Morgan fingerprint density at radius 2 is 1.84 bits per heavy atom. The minimum Gasteiger partial charge on any atom is -0.459 e. The zero-order chi connectivity index (χ0) is 21.8. The maximum atomic E-state index is 13.0. The average Bonchev–Trinajstić information content (AvgIpc) is 3.29. The first kappa shape index (κ1) is 20.6. The van der Waals surface area contributed by atoms with E-state index in [1.165, 1.54) is 12.1 Å².